The third-order valence-corrected chi connectivity index (χ3v) is 5.00. The van der Waals surface area contributed by atoms with Gasteiger partial charge in [-0.05, 0) is 47.1 Å². The fourth-order valence-electron chi connectivity index (χ4n) is 3.67. The van der Waals surface area contributed by atoms with Crippen molar-refractivity contribution in [1.29, 1.82) is 0 Å². The van der Waals surface area contributed by atoms with Gasteiger partial charge in [0.15, 0.2) is 0 Å². The van der Waals surface area contributed by atoms with Crippen LogP contribution in [0.3, 0.4) is 0 Å². The lowest BCUT2D eigenvalue weighted by atomic mass is 10.0. The number of hydrogen-bond acceptors (Lipinski definition) is 4. The van der Waals surface area contributed by atoms with Gasteiger partial charge in [-0.1, -0.05) is 42.5 Å². The first-order valence-corrected chi connectivity index (χ1v) is 8.76. The molecule has 0 spiro atoms. The summed E-state index contributed by atoms with van der Waals surface area (Å²) in [5.74, 6) is -0.957. The average molecular weight is 352 g/mol. The molecule has 1 fully saturated rings. The first-order valence-electron chi connectivity index (χ1n) is 8.76. The number of hydrogen-bond donors (Lipinski definition) is 2. The molecule has 6 heteroatoms. The first kappa shape index (κ1) is 16.6. The Labute approximate surface area is 151 Å². The zero-order valence-corrected chi connectivity index (χ0v) is 14.3. The Hall–Kier alpha value is -2.86. The van der Waals surface area contributed by atoms with Crippen LogP contribution in [0.5, 0.6) is 0 Å². The minimum Gasteiger partial charge on any atom is -0.480 e. The van der Waals surface area contributed by atoms with E-state index >= 15 is 0 Å². The van der Waals surface area contributed by atoms with E-state index in [4.69, 9.17) is 9.84 Å². The summed E-state index contributed by atoms with van der Waals surface area (Å²) in [6.45, 7) is 0.618. The molecule has 0 saturated carbocycles. The molecule has 2 N–H and O–H groups in total. The Bertz CT molecular complexity index is 865. The third-order valence-electron chi connectivity index (χ3n) is 5.00. The molecule has 6 nitrogen and oxygen atoms in total. The maximum absolute atomic E-state index is 12.3. The SMILES string of the molecule is O=C(O)C1CCCN(C(=O)OCc2cccc3c2Cc2ccccc2-3)N1. The van der Waals surface area contributed by atoms with Gasteiger partial charge in [0.1, 0.15) is 12.6 Å². The molecule has 1 atom stereocenters. The number of fused-ring (bicyclic) bond motifs is 3. The van der Waals surface area contributed by atoms with Crippen molar-refractivity contribution in [3.8, 4) is 11.1 Å². The Morgan fingerprint density at radius 2 is 1.96 bits per heavy atom. The van der Waals surface area contributed by atoms with E-state index in [1.807, 2.05) is 24.3 Å². The molecule has 2 aliphatic rings. The summed E-state index contributed by atoms with van der Waals surface area (Å²) in [4.78, 5) is 23.4. The quantitative estimate of drug-likeness (QED) is 0.758. The molecule has 0 bridgehead atoms. The van der Waals surface area contributed by atoms with Gasteiger partial charge in [-0.3, -0.25) is 4.79 Å². The van der Waals surface area contributed by atoms with Crippen molar-refractivity contribution in [3.63, 3.8) is 0 Å². The number of nitrogens with one attached hydrogen (secondary N) is 1. The van der Waals surface area contributed by atoms with Crippen molar-refractivity contribution in [1.82, 2.24) is 10.4 Å². The fraction of sp³-hybridized carbons (Fsp3) is 0.300. The molecule has 0 radical (unpaired) electrons. The number of carboxylic acids is 1. The van der Waals surface area contributed by atoms with Gasteiger partial charge in [-0.2, -0.15) is 0 Å². The van der Waals surface area contributed by atoms with Crippen LogP contribution in [0.25, 0.3) is 11.1 Å². The van der Waals surface area contributed by atoms with Gasteiger partial charge in [0.25, 0.3) is 0 Å². The number of benzene rings is 2. The third kappa shape index (κ3) is 3.04. The lowest BCUT2D eigenvalue weighted by Gasteiger charge is -2.31. The second-order valence-corrected chi connectivity index (χ2v) is 6.65. The zero-order chi connectivity index (χ0) is 18.1. The molecule has 1 aliphatic carbocycles. The highest BCUT2D eigenvalue weighted by atomic mass is 16.6. The lowest BCUT2D eigenvalue weighted by molar-refractivity contribution is -0.142. The molecular formula is C20H20N2O4. The van der Waals surface area contributed by atoms with Gasteiger partial charge in [0.05, 0.1) is 0 Å². The Kier molecular flexibility index (Phi) is 4.34. The molecule has 134 valence electrons. The number of hydrazine groups is 1. The highest BCUT2D eigenvalue weighted by molar-refractivity contribution is 5.78. The predicted octanol–water partition coefficient (Wildman–Crippen LogP) is 2.95. The molecule has 2 aromatic rings. The highest BCUT2D eigenvalue weighted by Gasteiger charge is 2.28. The second-order valence-electron chi connectivity index (χ2n) is 6.65. The van der Waals surface area contributed by atoms with Crippen molar-refractivity contribution in [3.05, 3.63) is 59.2 Å². The molecular weight excluding hydrogens is 332 g/mol. The Morgan fingerprint density at radius 3 is 2.81 bits per heavy atom. The number of carbonyl (C=O) groups excluding carboxylic acids is 1. The monoisotopic (exact) mass is 352 g/mol. The maximum Gasteiger partial charge on any atom is 0.424 e. The van der Waals surface area contributed by atoms with Crippen molar-refractivity contribution < 1.29 is 19.4 Å². The summed E-state index contributed by atoms with van der Waals surface area (Å²) < 4.78 is 5.45. The largest absolute Gasteiger partial charge is 0.480 e. The van der Waals surface area contributed by atoms with E-state index in [0.29, 0.717) is 19.4 Å². The summed E-state index contributed by atoms with van der Waals surface area (Å²) in [5.41, 5.74) is 8.60. The summed E-state index contributed by atoms with van der Waals surface area (Å²) >= 11 is 0. The smallest absolute Gasteiger partial charge is 0.424 e. The van der Waals surface area contributed by atoms with E-state index in [0.717, 1.165) is 12.0 Å². The van der Waals surface area contributed by atoms with E-state index < -0.39 is 18.1 Å². The van der Waals surface area contributed by atoms with Crippen LogP contribution in [0.15, 0.2) is 42.5 Å². The van der Waals surface area contributed by atoms with Crippen molar-refractivity contribution >= 4 is 12.1 Å². The number of aliphatic carboxylic acids is 1. The van der Waals surface area contributed by atoms with E-state index in [1.165, 1.54) is 27.3 Å². The molecule has 1 amide bonds. The molecule has 1 unspecified atom stereocenters. The minimum absolute atomic E-state index is 0.173. The highest BCUT2D eigenvalue weighted by Crippen LogP contribution is 2.38. The zero-order valence-electron chi connectivity index (χ0n) is 14.3. The van der Waals surface area contributed by atoms with Gasteiger partial charge in [0.2, 0.25) is 0 Å². The van der Waals surface area contributed by atoms with Gasteiger partial charge < -0.3 is 9.84 Å². The number of ether oxygens (including phenoxy) is 1. The summed E-state index contributed by atoms with van der Waals surface area (Å²) in [6, 6.07) is 13.6. The van der Waals surface area contributed by atoms with E-state index in [2.05, 4.69) is 23.6 Å². The van der Waals surface area contributed by atoms with Crippen LogP contribution >= 0.6 is 0 Å². The standard InChI is InChI=1S/C20H20N2O4/c23-19(24)18-9-4-10-22(21-18)20(25)26-12-14-6-3-8-16-15-7-2-1-5-13(15)11-17(14)16/h1-3,5-8,18,21H,4,9-12H2,(H,23,24). The van der Waals surface area contributed by atoms with Crippen LogP contribution in [0.1, 0.15) is 29.5 Å². The molecule has 26 heavy (non-hydrogen) atoms. The molecule has 1 aliphatic heterocycles. The van der Waals surface area contributed by atoms with Gasteiger partial charge in [0, 0.05) is 6.54 Å². The van der Waals surface area contributed by atoms with Crippen LogP contribution in [-0.4, -0.2) is 34.8 Å². The molecule has 4 rings (SSSR count). The summed E-state index contributed by atoms with van der Waals surface area (Å²) in [5, 5.41) is 10.4. The van der Waals surface area contributed by atoms with Gasteiger partial charge >= 0.3 is 12.1 Å². The van der Waals surface area contributed by atoms with Crippen LogP contribution in [0, 0.1) is 0 Å². The summed E-state index contributed by atoms with van der Waals surface area (Å²) in [7, 11) is 0. The second kappa shape index (κ2) is 6.80. The normalized spacial score (nSPS) is 18.2. The average Bonchev–Trinajstić information content (AvgIpc) is 3.05. The van der Waals surface area contributed by atoms with Crippen LogP contribution < -0.4 is 5.43 Å². The van der Waals surface area contributed by atoms with Crippen molar-refractivity contribution in [2.75, 3.05) is 6.54 Å². The van der Waals surface area contributed by atoms with Gasteiger partial charge in [-0.25, -0.2) is 15.2 Å². The summed E-state index contributed by atoms with van der Waals surface area (Å²) in [6.07, 6.45) is 1.44. The van der Waals surface area contributed by atoms with E-state index in [9.17, 15) is 9.59 Å². The van der Waals surface area contributed by atoms with E-state index in [1.54, 1.807) is 0 Å². The number of amides is 1. The molecule has 2 aromatic carbocycles. The predicted molar refractivity (Wildman–Crippen MR) is 95.4 cm³/mol. The van der Waals surface area contributed by atoms with Crippen LogP contribution in [-0.2, 0) is 22.6 Å². The van der Waals surface area contributed by atoms with Crippen molar-refractivity contribution in [2.45, 2.75) is 31.9 Å². The van der Waals surface area contributed by atoms with Crippen molar-refractivity contribution in [2.24, 2.45) is 0 Å². The van der Waals surface area contributed by atoms with Crippen LogP contribution in [0.2, 0.25) is 0 Å². The minimum atomic E-state index is -0.957. The topological polar surface area (TPSA) is 78.9 Å². The number of carbonyl (C=O) groups is 2. The van der Waals surface area contributed by atoms with Crippen LogP contribution in [0.4, 0.5) is 4.79 Å². The fourth-order valence-corrected chi connectivity index (χ4v) is 3.67. The Balaban J connectivity index is 1.45. The van der Waals surface area contributed by atoms with Gasteiger partial charge in [-0.15, -0.1) is 0 Å². The number of rotatable bonds is 3. The lowest BCUT2D eigenvalue weighted by Crippen LogP contribution is -2.55. The molecule has 1 saturated heterocycles. The van der Waals surface area contributed by atoms with E-state index in [-0.39, 0.29) is 6.61 Å². The molecule has 1 heterocycles. The molecule has 0 aromatic heterocycles. The number of nitrogens with zero attached hydrogens (tertiary/aromatic N) is 1. The maximum atomic E-state index is 12.3. The first-order chi connectivity index (χ1) is 12.6. The number of carboxylic acid groups (broad SMARTS) is 1. The Morgan fingerprint density at radius 1 is 1.15 bits per heavy atom.